The van der Waals surface area contributed by atoms with Gasteiger partial charge in [0.25, 0.3) is 0 Å². The summed E-state index contributed by atoms with van der Waals surface area (Å²) in [5.41, 5.74) is 1.84. The van der Waals surface area contributed by atoms with Crippen LogP contribution in [0.3, 0.4) is 0 Å². The summed E-state index contributed by atoms with van der Waals surface area (Å²) < 4.78 is 16.1. The number of carbonyl (C=O) groups is 2. The van der Waals surface area contributed by atoms with Crippen LogP contribution in [0.15, 0.2) is 64.6 Å². The van der Waals surface area contributed by atoms with Crippen LogP contribution in [0.25, 0.3) is 0 Å². The predicted octanol–water partition coefficient (Wildman–Crippen LogP) is 4.06. The van der Waals surface area contributed by atoms with E-state index in [-0.39, 0.29) is 19.3 Å². The van der Waals surface area contributed by atoms with Crippen molar-refractivity contribution in [2.24, 2.45) is 9.98 Å². The normalized spacial score (nSPS) is 16.4. The molecule has 1 heterocycles. The standard InChI is InChI=1S/C26H31N3O5/c1-26(2,3)34-24(30)21(28-25(31)33-17-19-8-6-5-7-9-19)16-18-10-12-20(13-11-18)23-27-15-14-22(29-23)32-4/h5-13,15,21-22H,14,16-17H2,1-4H3,(H,28,31)/t21-,22?/m0/s1. The molecule has 1 aliphatic rings. The summed E-state index contributed by atoms with van der Waals surface area (Å²) in [4.78, 5) is 34.0. The van der Waals surface area contributed by atoms with Crippen LogP contribution < -0.4 is 5.32 Å². The van der Waals surface area contributed by atoms with Gasteiger partial charge in [-0.25, -0.2) is 19.6 Å². The second-order valence-corrected chi connectivity index (χ2v) is 8.88. The van der Waals surface area contributed by atoms with Crippen molar-refractivity contribution in [3.63, 3.8) is 0 Å². The van der Waals surface area contributed by atoms with Gasteiger partial charge in [0, 0.05) is 31.7 Å². The Bertz CT molecular complexity index is 1030. The number of nitrogens with one attached hydrogen (secondary N) is 1. The average Bonchev–Trinajstić information content (AvgIpc) is 2.82. The van der Waals surface area contributed by atoms with Crippen LogP contribution in [-0.2, 0) is 32.0 Å². The second kappa shape index (κ2) is 11.6. The molecule has 0 saturated heterocycles. The number of benzene rings is 2. The molecule has 8 heteroatoms. The number of hydrogen-bond acceptors (Lipinski definition) is 7. The SMILES string of the molecule is COC1CC=NC(c2ccc(C[C@H](NC(=O)OCc3ccccc3)C(=O)OC(C)(C)C)cc2)=N1. The summed E-state index contributed by atoms with van der Waals surface area (Å²) in [7, 11) is 1.61. The van der Waals surface area contributed by atoms with E-state index in [9.17, 15) is 9.59 Å². The van der Waals surface area contributed by atoms with E-state index in [2.05, 4.69) is 15.3 Å². The predicted molar refractivity (Wildman–Crippen MR) is 130 cm³/mol. The van der Waals surface area contributed by atoms with E-state index in [1.54, 1.807) is 34.1 Å². The minimum atomic E-state index is -0.906. The number of alkyl carbamates (subject to hydrolysis) is 1. The first kappa shape index (κ1) is 25.1. The fourth-order valence-electron chi connectivity index (χ4n) is 3.25. The highest BCUT2D eigenvalue weighted by Gasteiger charge is 2.27. The molecule has 1 amide bonds. The van der Waals surface area contributed by atoms with Gasteiger partial charge in [-0.05, 0) is 31.9 Å². The van der Waals surface area contributed by atoms with Gasteiger partial charge < -0.3 is 19.5 Å². The second-order valence-electron chi connectivity index (χ2n) is 8.88. The van der Waals surface area contributed by atoms with E-state index >= 15 is 0 Å². The van der Waals surface area contributed by atoms with Crippen molar-refractivity contribution in [1.29, 1.82) is 0 Å². The summed E-state index contributed by atoms with van der Waals surface area (Å²) in [5, 5.41) is 2.65. The Balaban J connectivity index is 1.68. The fourth-order valence-corrected chi connectivity index (χ4v) is 3.25. The van der Waals surface area contributed by atoms with Gasteiger partial charge >= 0.3 is 12.1 Å². The Morgan fingerprint density at radius 3 is 2.41 bits per heavy atom. The molecule has 1 N–H and O–H groups in total. The number of esters is 1. The maximum Gasteiger partial charge on any atom is 0.408 e. The van der Waals surface area contributed by atoms with Crippen LogP contribution in [0.2, 0.25) is 0 Å². The third-order valence-corrected chi connectivity index (χ3v) is 4.91. The third-order valence-electron chi connectivity index (χ3n) is 4.91. The van der Waals surface area contributed by atoms with Crippen LogP contribution in [0, 0.1) is 0 Å². The van der Waals surface area contributed by atoms with Gasteiger partial charge in [-0.1, -0.05) is 54.6 Å². The molecule has 3 rings (SSSR count). The topological polar surface area (TPSA) is 98.6 Å². The largest absolute Gasteiger partial charge is 0.458 e. The van der Waals surface area contributed by atoms with Crippen LogP contribution in [0.1, 0.15) is 43.9 Å². The maximum absolute atomic E-state index is 12.8. The molecular formula is C26H31N3O5. The number of ether oxygens (including phenoxy) is 3. The molecule has 0 fully saturated rings. The first-order chi connectivity index (χ1) is 16.2. The molecule has 0 spiro atoms. The van der Waals surface area contributed by atoms with Crippen molar-refractivity contribution in [3.8, 4) is 0 Å². The van der Waals surface area contributed by atoms with Gasteiger partial charge in [-0.3, -0.25) is 0 Å². The molecule has 0 bridgehead atoms. The molecule has 2 aromatic rings. The molecule has 0 aliphatic carbocycles. The number of carbonyl (C=O) groups excluding carboxylic acids is 2. The summed E-state index contributed by atoms with van der Waals surface area (Å²) >= 11 is 0. The molecule has 1 unspecified atom stereocenters. The van der Waals surface area contributed by atoms with Crippen LogP contribution in [0.5, 0.6) is 0 Å². The Morgan fingerprint density at radius 1 is 1.06 bits per heavy atom. The van der Waals surface area contributed by atoms with Crippen LogP contribution >= 0.6 is 0 Å². The molecule has 0 saturated carbocycles. The lowest BCUT2D eigenvalue weighted by molar-refractivity contribution is -0.157. The van der Waals surface area contributed by atoms with E-state index < -0.39 is 23.7 Å². The number of amides is 1. The summed E-state index contributed by atoms with van der Waals surface area (Å²) in [5.74, 6) is 0.0633. The van der Waals surface area contributed by atoms with Gasteiger partial charge in [0.1, 0.15) is 18.2 Å². The number of methoxy groups -OCH3 is 1. The average molecular weight is 466 g/mol. The van der Waals surface area contributed by atoms with Crippen molar-refractivity contribution in [3.05, 3.63) is 71.3 Å². The first-order valence-electron chi connectivity index (χ1n) is 11.2. The quantitative estimate of drug-likeness (QED) is 0.593. The molecule has 180 valence electrons. The summed E-state index contributed by atoms with van der Waals surface area (Å²) in [6.07, 6.45) is 1.74. The van der Waals surface area contributed by atoms with Crippen molar-refractivity contribution in [2.45, 2.75) is 58.1 Å². The van der Waals surface area contributed by atoms with Gasteiger partial charge in [0.05, 0.1) is 0 Å². The number of nitrogens with zero attached hydrogens (tertiary/aromatic N) is 2. The van der Waals surface area contributed by atoms with Crippen molar-refractivity contribution >= 4 is 24.1 Å². The molecule has 1 aliphatic heterocycles. The lowest BCUT2D eigenvalue weighted by atomic mass is 10.0. The number of amidine groups is 1. The zero-order valence-corrected chi connectivity index (χ0v) is 20.0. The first-order valence-corrected chi connectivity index (χ1v) is 11.2. The highest BCUT2D eigenvalue weighted by Crippen LogP contribution is 2.15. The monoisotopic (exact) mass is 465 g/mol. The van der Waals surface area contributed by atoms with Crippen LogP contribution in [-0.4, -0.2) is 49.1 Å². The Labute approximate surface area is 200 Å². The van der Waals surface area contributed by atoms with Gasteiger partial charge in [0.2, 0.25) is 0 Å². The zero-order valence-electron chi connectivity index (χ0n) is 20.0. The molecule has 0 aromatic heterocycles. The lowest BCUT2D eigenvalue weighted by Gasteiger charge is -2.24. The molecule has 2 atom stereocenters. The molecule has 0 radical (unpaired) electrons. The fraction of sp³-hybridized carbons (Fsp3) is 0.385. The van der Waals surface area contributed by atoms with Crippen molar-refractivity contribution in [2.75, 3.05) is 7.11 Å². The summed E-state index contributed by atoms with van der Waals surface area (Å²) in [6.45, 7) is 5.45. The zero-order chi connectivity index (χ0) is 24.6. The number of aliphatic imine (C=N–C) groups is 2. The van der Waals surface area contributed by atoms with E-state index in [4.69, 9.17) is 14.2 Å². The highest BCUT2D eigenvalue weighted by molar-refractivity contribution is 6.04. The van der Waals surface area contributed by atoms with E-state index in [0.717, 1.165) is 16.7 Å². The van der Waals surface area contributed by atoms with E-state index in [0.29, 0.717) is 12.3 Å². The maximum atomic E-state index is 12.8. The Morgan fingerprint density at radius 2 is 1.76 bits per heavy atom. The van der Waals surface area contributed by atoms with Crippen molar-refractivity contribution in [1.82, 2.24) is 5.32 Å². The number of hydrogen-bond donors (Lipinski definition) is 1. The minimum absolute atomic E-state index is 0.105. The third kappa shape index (κ3) is 7.81. The van der Waals surface area contributed by atoms with Gasteiger partial charge in [0.15, 0.2) is 12.1 Å². The smallest absolute Gasteiger partial charge is 0.408 e. The van der Waals surface area contributed by atoms with Crippen LogP contribution in [0.4, 0.5) is 4.79 Å². The molecule has 8 nitrogen and oxygen atoms in total. The lowest BCUT2D eigenvalue weighted by Crippen LogP contribution is -2.45. The molecular weight excluding hydrogens is 434 g/mol. The van der Waals surface area contributed by atoms with Crippen molar-refractivity contribution < 1.29 is 23.8 Å². The molecule has 2 aromatic carbocycles. The van der Waals surface area contributed by atoms with Gasteiger partial charge in [-0.2, -0.15) is 0 Å². The Kier molecular flexibility index (Phi) is 8.54. The van der Waals surface area contributed by atoms with E-state index in [1.807, 2.05) is 54.6 Å². The molecule has 34 heavy (non-hydrogen) atoms. The highest BCUT2D eigenvalue weighted by atomic mass is 16.6. The van der Waals surface area contributed by atoms with Gasteiger partial charge in [-0.15, -0.1) is 0 Å². The number of rotatable bonds is 8. The summed E-state index contributed by atoms with van der Waals surface area (Å²) in [6, 6.07) is 15.9. The van der Waals surface area contributed by atoms with E-state index in [1.165, 1.54) is 0 Å². The minimum Gasteiger partial charge on any atom is -0.458 e. The Hall–Kier alpha value is -3.52.